The molecule has 6 nitrogen and oxygen atoms in total. The van der Waals surface area contributed by atoms with Crippen LogP contribution in [0.3, 0.4) is 0 Å². The number of anilines is 1. The predicted molar refractivity (Wildman–Crippen MR) is 98.8 cm³/mol. The molecule has 1 aliphatic heterocycles. The molecule has 6 heteroatoms. The molecule has 1 aliphatic carbocycles. The molecule has 136 valence electrons. The highest BCUT2D eigenvalue weighted by molar-refractivity contribution is 6.03. The minimum absolute atomic E-state index is 0.0395. The van der Waals surface area contributed by atoms with Crippen LogP contribution in [0.15, 0.2) is 36.7 Å². The Morgan fingerprint density at radius 2 is 1.85 bits per heavy atom. The van der Waals surface area contributed by atoms with Crippen LogP contribution in [0, 0.1) is 5.92 Å². The van der Waals surface area contributed by atoms with Gasteiger partial charge < -0.3 is 15.2 Å². The van der Waals surface area contributed by atoms with Crippen molar-refractivity contribution in [3.63, 3.8) is 0 Å². The Kier molecular flexibility index (Phi) is 4.73. The Hall–Kier alpha value is -2.63. The van der Waals surface area contributed by atoms with Gasteiger partial charge in [-0.3, -0.25) is 9.59 Å². The van der Waals surface area contributed by atoms with Crippen molar-refractivity contribution in [2.45, 2.75) is 51.1 Å². The fourth-order valence-electron chi connectivity index (χ4n) is 3.97. The van der Waals surface area contributed by atoms with Crippen molar-refractivity contribution < 1.29 is 9.59 Å². The van der Waals surface area contributed by atoms with Crippen LogP contribution >= 0.6 is 0 Å². The van der Waals surface area contributed by atoms with Crippen LogP contribution in [0.1, 0.15) is 48.3 Å². The lowest BCUT2D eigenvalue weighted by Gasteiger charge is -2.25. The minimum atomic E-state index is -0.196. The van der Waals surface area contributed by atoms with Crippen molar-refractivity contribution in [1.29, 1.82) is 0 Å². The van der Waals surface area contributed by atoms with Gasteiger partial charge in [0.2, 0.25) is 5.91 Å². The Labute approximate surface area is 153 Å². The van der Waals surface area contributed by atoms with Gasteiger partial charge >= 0.3 is 0 Å². The first-order chi connectivity index (χ1) is 12.7. The summed E-state index contributed by atoms with van der Waals surface area (Å²) in [5, 5.41) is 6.07. The smallest absolute Gasteiger partial charge is 0.276 e. The predicted octanol–water partition coefficient (Wildman–Crippen LogP) is 2.76. The number of imidazole rings is 1. The Morgan fingerprint density at radius 1 is 1.08 bits per heavy atom. The Balaban J connectivity index is 1.41. The number of amides is 2. The van der Waals surface area contributed by atoms with Gasteiger partial charge in [-0.25, -0.2) is 4.98 Å². The monoisotopic (exact) mass is 352 g/mol. The molecule has 1 unspecified atom stereocenters. The molecule has 1 atom stereocenters. The number of para-hydroxylation sites is 1. The Morgan fingerprint density at radius 3 is 2.62 bits per heavy atom. The van der Waals surface area contributed by atoms with Gasteiger partial charge in [0, 0.05) is 18.3 Å². The number of aromatic nitrogens is 2. The first kappa shape index (κ1) is 16.8. The summed E-state index contributed by atoms with van der Waals surface area (Å²) in [5.74, 6) is -0.0901. The van der Waals surface area contributed by atoms with Crippen molar-refractivity contribution in [3.8, 4) is 0 Å². The number of rotatable bonds is 4. The highest BCUT2D eigenvalue weighted by Crippen LogP contribution is 2.25. The zero-order chi connectivity index (χ0) is 17.9. The van der Waals surface area contributed by atoms with Gasteiger partial charge in [-0.1, -0.05) is 31.0 Å². The van der Waals surface area contributed by atoms with Crippen LogP contribution in [-0.4, -0.2) is 27.4 Å². The molecule has 1 aromatic carbocycles. The molecule has 0 spiro atoms. The van der Waals surface area contributed by atoms with E-state index in [1.165, 1.54) is 12.8 Å². The van der Waals surface area contributed by atoms with Gasteiger partial charge in [0.15, 0.2) is 0 Å². The van der Waals surface area contributed by atoms with Gasteiger partial charge in [-0.2, -0.15) is 0 Å². The average molecular weight is 352 g/mol. The van der Waals surface area contributed by atoms with E-state index < -0.39 is 0 Å². The molecule has 0 saturated heterocycles. The number of fused-ring (bicyclic) bond motifs is 1. The van der Waals surface area contributed by atoms with Crippen LogP contribution in [0.4, 0.5) is 5.69 Å². The van der Waals surface area contributed by atoms with E-state index in [0.717, 1.165) is 30.6 Å². The normalized spacial score (nSPS) is 19.8. The number of carbonyl (C=O) groups excluding carboxylic acids is 2. The highest BCUT2D eigenvalue weighted by Gasteiger charge is 2.30. The zero-order valence-corrected chi connectivity index (χ0v) is 14.8. The van der Waals surface area contributed by atoms with Crippen molar-refractivity contribution in [3.05, 3.63) is 48.0 Å². The summed E-state index contributed by atoms with van der Waals surface area (Å²) in [7, 11) is 0. The number of hydrogen-bond acceptors (Lipinski definition) is 3. The van der Waals surface area contributed by atoms with Crippen molar-refractivity contribution in [2.75, 3.05) is 5.32 Å². The third-order valence-corrected chi connectivity index (χ3v) is 5.41. The van der Waals surface area contributed by atoms with Crippen LogP contribution < -0.4 is 10.6 Å². The second-order valence-electron chi connectivity index (χ2n) is 7.24. The van der Waals surface area contributed by atoms with Gasteiger partial charge in [0.25, 0.3) is 5.91 Å². The lowest BCUT2D eigenvalue weighted by atomic mass is 9.95. The first-order valence-electron chi connectivity index (χ1n) is 9.41. The Bertz CT molecular complexity index is 793. The van der Waals surface area contributed by atoms with Crippen molar-refractivity contribution >= 4 is 17.5 Å². The molecule has 1 saturated carbocycles. The fraction of sp³-hybridized carbons (Fsp3) is 0.450. The van der Waals surface area contributed by atoms with E-state index in [1.54, 1.807) is 6.33 Å². The summed E-state index contributed by atoms with van der Waals surface area (Å²) in [6.07, 6.45) is 7.75. The molecule has 2 N–H and O–H groups in total. The summed E-state index contributed by atoms with van der Waals surface area (Å²) in [4.78, 5) is 29.4. The van der Waals surface area contributed by atoms with Crippen LogP contribution in [0.5, 0.6) is 0 Å². The second kappa shape index (κ2) is 7.32. The molecule has 1 aromatic heterocycles. The van der Waals surface area contributed by atoms with Gasteiger partial charge in [-0.05, 0) is 37.8 Å². The molecule has 0 radical (unpaired) electrons. The molecule has 2 heterocycles. The molecular weight excluding hydrogens is 328 g/mol. The summed E-state index contributed by atoms with van der Waals surface area (Å²) < 4.78 is 1.96. The summed E-state index contributed by atoms with van der Waals surface area (Å²) in [5.41, 5.74) is 2.13. The SMILES string of the molecule is O=C(Nc1ccccc1)c1ncn2c1CCC(C(=O)NC1CCCC1)C2. The molecule has 1 fully saturated rings. The average Bonchev–Trinajstić information content (AvgIpc) is 3.31. The van der Waals surface area contributed by atoms with Gasteiger partial charge in [0.1, 0.15) is 5.69 Å². The number of carbonyl (C=O) groups is 2. The third-order valence-electron chi connectivity index (χ3n) is 5.41. The zero-order valence-electron chi connectivity index (χ0n) is 14.8. The number of benzene rings is 1. The van der Waals surface area contributed by atoms with E-state index in [1.807, 2.05) is 34.9 Å². The van der Waals surface area contributed by atoms with Crippen LogP contribution in [0.2, 0.25) is 0 Å². The van der Waals surface area contributed by atoms with Gasteiger partial charge in [0.05, 0.1) is 17.9 Å². The number of nitrogens with one attached hydrogen (secondary N) is 2. The van der Waals surface area contributed by atoms with E-state index in [4.69, 9.17) is 0 Å². The van der Waals surface area contributed by atoms with Crippen molar-refractivity contribution in [1.82, 2.24) is 14.9 Å². The summed E-state index contributed by atoms with van der Waals surface area (Å²) in [6.45, 7) is 0.597. The van der Waals surface area contributed by atoms with E-state index >= 15 is 0 Å². The molecule has 0 bridgehead atoms. The summed E-state index contributed by atoms with van der Waals surface area (Å²) in [6, 6.07) is 9.72. The maximum absolute atomic E-state index is 12.5. The number of nitrogens with zero attached hydrogens (tertiary/aromatic N) is 2. The minimum Gasteiger partial charge on any atom is -0.353 e. The standard InChI is InChI=1S/C20H24N4O2/c25-19(22-15-8-4-5-9-15)14-10-11-17-18(21-13-24(17)12-14)20(26)23-16-6-2-1-3-7-16/h1-3,6-7,13-15H,4-5,8-12H2,(H,22,25)(H,23,26). The topological polar surface area (TPSA) is 76.0 Å². The van der Waals surface area contributed by atoms with Crippen LogP contribution in [0.25, 0.3) is 0 Å². The molecular formula is C20H24N4O2. The quantitative estimate of drug-likeness (QED) is 0.888. The molecule has 2 amide bonds. The first-order valence-corrected chi connectivity index (χ1v) is 9.41. The molecule has 2 aliphatic rings. The van der Waals surface area contributed by atoms with Crippen molar-refractivity contribution in [2.24, 2.45) is 5.92 Å². The van der Waals surface area contributed by atoms with Crippen LogP contribution in [-0.2, 0) is 17.8 Å². The maximum Gasteiger partial charge on any atom is 0.276 e. The van der Waals surface area contributed by atoms with Gasteiger partial charge in [-0.15, -0.1) is 0 Å². The fourth-order valence-corrected chi connectivity index (χ4v) is 3.97. The maximum atomic E-state index is 12.5. The van der Waals surface area contributed by atoms with E-state index in [9.17, 15) is 9.59 Å². The van der Waals surface area contributed by atoms with E-state index in [0.29, 0.717) is 24.7 Å². The lowest BCUT2D eigenvalue weighted by Crippen LogP contribution is -2.40. The highest BCUT2D eigenvalue weighted by atomic mass is 16.2. The van der Waals surface area contributed by atoms with E-state index in [2.05, 4.69) is 15.6 Å². The lowest BCUT2D eigenvalue weighted by molar-refractivity contribution is -0.126. The largest absolute Gasteiger partial charge is 0.353 e. The molecule has 2 aromatic rings. The molecule has 26 heavy (non-hydrogen) atoms. The van der Waals surface area contributed by atoms with E-state index in [-0.39, 0.29) is 17.7 Å². The third kappa shape index (κ3) is 3.49. The summed E-state index contributed by atoms with van der Waals surface area (Å²) >= 11 is 0. The number of hydrogen-bond donors (Lipinski definition) is 2. The molecule has 4 rings (SSSR count). The second-order valence-corrected chi connectivity index (χ2v) is 7.24.